The molecule has 0 saturated heterocycles. The summed E-state index contributed by atoms with van der Waals surface area (Å²) in [5.74, 6) is 0.305. The molecule has 1 aromatic carbocycles. The summed E-state index contributed by atoms with van der Waals surface area (Å²) < 4.78 is 5.18. The molecule has 5 heteroatoms. The second kappa shape index (κ2) is 7.53. The van der Waals surface area contributed by atoms with Gasteiger partial charge in [-0.15, -0.1) is 0 Å². The normalized spacial score (nSPS) is 11.6. The molecule has 2 amide bonds. The second-order valence-electron chi connectivity index (χ2n) is 4.89. The molecule has 0 spiro atoms. The molecule has 20 heavy (non-hydrogen) atoms. The van der Waals surface area contributed by atoms with Gasteiger partial charge in [-0.2, -0.15) is 0 Å². The predicted octanol–water partition coefficient (Wildman–Crippen LogP) is 2.20. The van der Waals surface area contributed by atoms with Crippen LogP contribution in [0.3, 0.4) is 0 Å². The first-order valence-electron chi connectivity index (χ1n) is 6.72. The number of carbonyl (C=O) groups is 2. The summed E-state index contributed by atoms with van der Waals surface area (Å²) in [7, 11) is 3.28. The zero-order valence-electron chi connectivity index (χ0n) is 12.5. The molecule has 0 aliphatic heterocycles. The molecule has 0 aromatic heterocycles. The number of nitrogens with one attached hydrogen (secondary N) is 1. The van der Waals surface area contributed by atoms with Gasteiger partial charge < -0.3 is 15.0 Å². The van der Waals surface area contributed by atoms with Crippen molar-refractivity contribution < 1.29 is 14.3 Å². The van der Waals surface area contributed by atoms with Gasteiger partial charge in [-0.25, -0.2) is 4.79 Å². The summed E-state index contributed by atoms with van der Waals surface area (Å²) >= 11 is 0. The van der Waals surface area contributed by atoms with Gasteiger partial charge in [-0.1, -0.05) is 25.5 Å². The average molecular weight is 278 g/mol. The Kier molecular flexibility index (Phi) is 6.03. The summed E-state index contributed by atoms with van der Waals surface area (Å²) in [4.78, 5) is 24.8. The summed E-state index contributed by atoms with van der Waals surface area (Å²) in [6, 6.07) is 6.78. The van der Waals surface area contributed by atoms with Gasteiger partial charge in [0.2, 0.25) is 5.91 Å². The van der Waals surface area contributed by atoms with Gasteiger partial charge in [0.25, 0.3) is 0 Å². The van der Waals surface area contributed by atoms with Crippen LogP contribution in [-0.4, -0.2) is 37.0 Å². The molecule has 1 aromatic rings. The standard InChI is InChI=1S/C15H22N2O3/c1-5-7-12-8-6-9-13(10-12)20-15(19)16-11(2)14(18)17(3)4/h6,8-11H,5,7H2,1-4H3,(H,16,19). The zero-order chi connectivity index (χ0) is 15.1. The number of carbonyl (C=O) groups excluding carboxylic acids is 2. The Morgan fingerprint density at radius 3 is 2.65 bits per heavy atom. The fraction of sp³-hybridized carbons (Fsp3) is 0.467. The fourth-order valence-corrected chi connectivity index (χ4v) is 1.82. The summed E-state index contributed by atoms with van der Waals surface area (Å²) in [5, 5.41) is 2.51. The fourth-order valence-electron chi connectivity index (χ4n) is 1.82. The van der Waals surface area contributed by atoms with E-state index in [0.717, 1.165) is 18.4 Å². The van der Waals surface area contributed by atoms with Crippen molar-refractivity contribution in [3.8, 4) is 5.75 Å². The highest BCUT2D eigenvalue weighted by atomic mass is 16.6. The van der Waals surface area contributed by atoms with E-state index in [0.29, 0.717) is 5.75 Å². The smallest absolute Gasteiger partial charge is 0.410 e. The van der Waals surface area contributed by atoms with E-state index in [1.54, 1.807) is 27.1 Å². The number of hydrogen-bond donors (Lipinski definition) is 1. The van der Waals surface area contributed by atoms with Gasteiger partial charge in [0.05, 0.1) is 0 Å². The third kappa shape index (κ3) is 4.91. The van der Waals surface area contributed by atoms with Crippen molar-refractivity contribution >= 4 is 12.0 Å². The van der Waals surface area contributed by atoms with E-state index in [1.165, 1.54) is 4.90 Å². The van der Waals surface area contributed by atoms with Crippen LogP contribution in [0.4, 0.5) is 4.79 Å². The van der Waals surface area contributed by atoms with Crippen LogP contribution in [0.5, 0.6) is 5.75 Å². The highest BCUT2D eigenvalue weighted by Crippen LogP contribution is 2.14. The van der Waals surface area contributed by atoms with Crippen LogP contribution in [-0.2, 0) is 11.2 Å². The van der Waals surface area contributed by atoms with Crippen LogP contribution in [0.15, 0.2) is 24.3 Å². The number of likely N-dealkylation sites (N-methyl/N-ethyl adjacent to an activating group) is 1. The van der Waals surface area contributed by atoms with Crippen LogP contribution in [0, 0.1) is 0 Å². The van der Waals surface area contributed by atoms with E-state index in [1.807, 2.05) is 18.2 Å². The minimum absolute atomic E-state index is 0.179. The van der Waals surface area contributed by atoms with Crippen LogP contribution in [0.25, 0.3) is 0 Å². The number of aryl methyl sites for hydroxylation is 1. The molecule has 0 saturated carbocycles. The molecule has 0 fully saturated rings. The minimum Gasteiger partial charge on any atom is -0.410 e. The highest BCUT2D eigenvalue weighted by molar-refractivity contribution is 5.85. The summed E-state index contributed by atoms with van der Waals surface area (Å²) in [5.41, 5.74) is 1.12. The number of rotatable bonds is 5. The lowest BCUT2D eigenvalue weighted by Crippen LogP contribution is -2.45. The number of ether oxygens (including phenoxy) is 1. The molecular weight excluding hydrogens is 256 g/mol. The van der Waals surface area contributed by atoms with E-state index in [-0.39, 0.29) is 5.91 Å². The van der Waals surface area contributed by atoms with Gasteiger partial charge in [0.15, 0.2) is 0 Å². The molecule has 1 unspecified atom stereocenters. The summed E-state index contributed by atoms with van der Waals surface area (Å²) in [6.07, 6.45) is 1.35. The Morgan fingerprint density at radius 2 is 2.05 bits per heavy atom. The van der Waals surface area contributed by atoms with Crippen molar-refractivity contribution in [2.75, 3.05) is 14.1 Å². The molecule has 0 heterocycles. The molecule has 0 radical (unpaired) electrons. The number of benzene rings is 1. The predicted molar refractivity (Wildman–Crippen MR) is 77.8 cm³/mol. The van der Waals surface area contributed by atoms with Crippen LogP contribution < -0.4 is 10.1 Å². The number of hydrogen-bond acceptors (Lipinski definition) is 3. The molecule has 0 aliphatic rings. The average Bonchev–Trinajstić information content (AvgIpc) is 2.38. The lowest BCUT2D eigenvalue weighted by molar-refractivity contribution is -0.130. The van der Waals surface area contributed by atoms with E-state index >= 15 is 0 Å². The molecule has 110 valence electrons. The molecule has 1 N–H and O–H groups in total. The Morgan fingerprint density at radius 1 is 1.35 bits per heavy atom. The van der Waals surface area contributed by atoms with E-state index in [9.17, 15) is 9.59 Å². The Labute approximate surface area is 119 Å². The molecule has 5 nitrogen and oxygen atoms in total. The van der Waals surface area contributed by atoms with E-state index in [4.69, 9.17) is 4.74 Å². The molecule has 1 atom stereocenters. The Hall–Kier alpha value is -2.04. The van der Waals surface area contributed by atoms with Crippen molar-refractivity contribution in [3.63, 3.8) is 0 Å². The number of nitrogens with zero attached hydrogens (tertiary/aromatic N) is 1. The van der Waals surface area contributed by atoms with Gasteiger partial charge in [0.1, 0.15) is 11.8 Å². The monoisotopic (exact) mass is 278 g/mol. The maximum absolute atomic E-state index is 11.7. The lowest BCUT2D eigenvalue weighted by Gasteiger charge is -2.17. The maximum Gasteiger partial charge on any atom is 0.413 e. The van der Waals surface area contributed by atoms with Crippen molar-refractivity contribution in [1.29, 1.82) is 0 Å². The van der Waals surface area contributed by atoms with Gasteiger partial charge in [-0.05, 0) is 31.0 Å². The van der Waals surface area contributed by atoms with Crippen molar-refractivity contribution in [2.45, 2.75) is 32.7 Å². The first-order valence-corrected chi connectivity index (χ1v) is 6.72. The Bertz CT molecular complexity index is 472. The van der Waals surface area contributed by atoms with Crippen LogP contribution in [0.2, 0.25) is 0 Å². The van der Waals surface area contributed by atoms with Crippen molar-refractivity contribution in [3.05, 3.63) is 29.8 Å². The zero-order valence-corrected chi connectivity index (χ0v) is 12.5. The first-order chi connectivity index (χ1) is 9.43. The molecule has 1 rings (SSSR count). The second-order valence-corrected chi connectivity index (χ2v) is 4.89. The molecule has 0 bridgehead atoms. The van der Waals surface area contributed by atoms with Crippen molar-refractivity contribution in [2.24, 2.45) is 0 Å². The van der Waals surface area contributed by atoms with Gasteiger partial charge in [0, 0.05) is 14.1 Å². The lowest BCUT2D eigenvalue weighted by atomic mass is 10.1. The highest BCUT2D eigenvalue weighted by Gasteiger charge is 2.18. The third-order valence-corrected chi connectivity index (χ3v) is 2.79. The SMILES string of the molecule is CCCc1cccc(OC(=O)NC(C)C(=O)N(C)C)c1. The van der Waals surface area contributed by atoms with Crippen molar-refractivity contribution in [1.82, 2.24) is 10.2 Å². The van der Waals surface area contributed by atoms with Crippen LogP contribution in [0.1, 0.15) is 25.8 Å². The third-order valence-electron chi connectivity index (χ3n) is 2.79. The molecular formula is C15H22N2O3. The van der Waals surface area contributed by atoms with Gasteiger partial charge >= 0.3 is 6.09 Å². The number of amides is 2. The van der Waals surface area contributed by atoms with E-state index in [2.05, 4.69) is 12.2 Å². The Balaban J connectivity index is 2.58. The topological polar surface area (TPSA) is 58.6 Å². The quantitative estimate of drug-likeness (QED) is 0.898. The first kappa shape index (κ1) is 16.0. The largest absolute Gasteiger partial charge is 0.413 e. The maximum atomic E-state index is 11.7. The van der Waals surface area contributed by atoms with Crippen LogP contribution >= 0.6 is 0 Å². The van der Waals surface area contributed by atoms with E-state index < -0.39 is 12.1 Å². The van der Waals surface area contributed by atoms with Gasteiger partial charge in [-0.3, -0.25) is 4.79 Å². The molecule has 0 aliphatic carbocycles. The summed E-state index contributed by atoms with van der Waals surface area (Å²) in [6.45, 7) is 3.71. The minimum atomic E-state index is -0.624.